The highest BCUT2D eigenvalue weighted by atomic mass is 32.2. The molecule has 21 heavy (non-hydrogen) atoms. The lowest BCUT2D eigenvalue weighted by molar-refractivity contribution is 0.251. The lowest BCUT2D eigenvalue weighted by atomic mass is 9.94. The number of likely N-dealkylation sites (tertiary alicyclic amines) is 1. The maximum atomic E-state index is 11.5. The highest BCUT2D eigenvalue weighted by molar-refractivity contribution is 7.90. The monoisotopic (exact) mass is 308 g/mol. The lowest BCUT2D eigenvalue weighted by Gasteiger charge is -2.25. The molecule has 3 rings (SSSR count). The second-order valence-electron chi connectivity index (χ2n) is 6.43. The van der Waals surface area contributed by atoms with E-state index in [1.165, 1.54) is 24.7 Å². The summed E-state index contributed by atoms with van der Waals surface area (Å²) in [5.74, 6) is 0.775. The largest absolute Gasteiger partial charge is 0.312 e. The van der Waals surface area contributed by atoms with Gasteiger partial charge in [-0.15, -0.1) is 0 Å². The molecular formula is C16H24N2O2S. The zero-order valence-corrected chi connectivity index (χ0v) is 13.6. The predicted octanol–water partition coefficient (Wildman–Crippen LogP) is 1.83. The summed E-state index contributed by atoms with van der Waals surface area (Å²) in [5.41, 5.74) is 1.20. The summed E-state index contributed by atoms with van der Waals surface area (Å²) < 4.78 is 23.0. The van der Waals surface area contributed by atoms with E-state index in [1.54, 1.807) is 12.1 Å². The number of fused-ring (bicyclic) bond motifs is 1. The highest BCUT2D eigenvalue weighted by Crippen LogP contribution is 2.31. The third-order valence-corrected chi connectivity index (χ3v) is 6.09. The molecule has 2 saturated heterocycles. The molecule has 0 amide bonds. The van der Waals surface area contributed by atoms with Gasteiger partial charge in [0.2, 0.25) is 0 Å². The molecule has 0 aliphatic carbocycles. The Labute approximate surface area is 127 Å². The van der Waals surface area contributed by atoms with E-state index in [0.717, 1.165) is 25.6 Å². The predicted molar refractivity (Wildman–Crippen MR) is 84.1 cm³/mol. The fourth-order valence-corrected chi connectivity index (χ4v) is 4.23. The van der Waals surface area contributed by atoms with Crippen LogP contribution in [0.5, 0.6) is 0 Å². The molecule has 0 radical (unpaired) electrons. The van der Waals surface area contributed by atoms with Crippen molar-refractivity contribution in [3.05, 3.63) is 29.8 Å². The summed E-state index contributed by atoms with van der Waals surface area (Å²) >= 11 is 0. The first kappa shape index (κ1) is 15.0. The van der Waals surface area contributed by atoms with Crippen LogP contribution in [0, 0.1) is 5.92 Å². The Morgan fingerprint density at radius 2 is 1.95 bits per heavy atom. The van der Waals surface area contributed by atoms with Crippen LogP contribution in [0.2, 0.25) is 0 Å². The minimum Gasteiger partial charge on any atom is -0.312 e. The van der Waals surface area contributed by atoms with Crippen LogP contribution in [-0.4, -0.2) is 45.2 Å². The Morgan fingerprint density at radius 3 is 2.57 bits per heavy atom. The minimum absolute atomic E-state index is 0.339. The van der Waals surface area contributed by atoms with Crippen LogP contribution < -0.4 is 5.32 Å². The van der Waals surface area contributed by atoms with Crippen molar-refractivity contribution in [2.24, 2.45) is 5.92 Å². The van der Waals surface area contributed by atoms with E-state index in [2.05, 4.69) is 17.1 Å². The quantitative estimate of drug-likeness (QED) is 0.925. The van der Waals surface area contributed by atoms with E-state index in [-0.39, 0.29) is 0 Å². The molecule has 2 aliphatic heterocycles. The van der Waals surface area contributed by atoms with Crippen LogP contribution in [-0.2, 0) is 9.84 Å². The molecule has 1 aromatic rings. The minimum atomic E-state index is -3.11. The summed E-state index contributed by atoms with van der Waals surface area (Å²) in [6.45, 7) is 5.60. The fourth-order valence-electron chi connectivity index (χ4n) is 3.60. The number of rotatable bonds is 3. The molecule has 4 nitrogen and oxygen atoms in total. The van der Waals surface area contributed by atoms with Gasteiger partial charge in [-0.2, -0.15) is 0 Å². The van der Waals surface area contributed by atoms with Crippen molar-refractivity contribution in [1.29, 1.82) is 0 Å². The molecule has 0 saturated carbocycles. The van der Waals surface area contributed by atoms with Crippen molar-refractivity contribution < 1.29 is 8.42 Å². The Morgan fingerprint density at radius 1 is 1.24 bits per heavy atom. The maximum absolute atomic E-state index is 11.5. The van der Waals surface area contributed by atoms with E-state index in [9.17, 15) is 8.42 Å². The molecule has 1 N–H and O–H groups in total. The third-order valence-electron chi connectivity index (χ3n) is 4.97. The number of benzene rings is 1. The zero-order chi connectivity index (χ0) is 15.0. The van der Waals surface area contributed by atoms with Gasteiger partial charge in [0.1, 0.15) is 0 Å². The van der Waals surface area contributed by atoms with Crippen molar-refractivity contribution in [2.45, 2.75) is 36.7 Å². The van der Waals surface area contributed by atoms with E-state index < -0.39 is 9.84 Å². The van der Waals surface area contributed by atoms with Crippen LogP contribution in [0.25, 0.3) is 0 Å². The van der Waals surface area contributed by atoms with Crippen molar-refractivity contribution in [3.8, 4) is 0 Å². The van der Waals surface area contributed by atoms with Gasteiger partial charge in [-0.25, -0.2) is 8.42 Å². The van der Waals surface area contributed by atoms with Crippen LogP contribution >= 0.6 is 0 Å². The van der Waals surface area contributed by atoms with Crippen molar-refractivity contribution in [2.75, 3.05) is 25.9 Å². The molecule has 0 bridgehead atoms. The van der Waals surface area contributed by atoms with E-state index >= 15 is 0 Å². The smallest absolute Gasteiger partial charge is 0.175 e. The van der Waals surface area contributed by atoms with E-state index in [4.69, 9.17) is 0 Å². The van der Waals surface area contributed by atoms with Gasteiger partial charge in [0.15, 0.2) is 9.84 Å². The van der Waals surface area contributed by atoms with Gasteiger partial charge in [-0.3, -0.25) is 4.90 Å². The van der Waals surface area contributed by atoms with Crippen molar-refractivity contribution in [3.63, 3.8) is 0 Å². The van der Waals surface area contributed by atoms with Gasteiger partial charge in [-0.05, 0) is 49.9 Å². The fraction of sp³-hybridized carbons (Fsp3) is 0.625. The summed E-state index contributed by atoms with van der Waals surface area (Å²) in [5, 5.41) is 3.63. The number of hydrogen-bond acceptors (Lipinski definition) is 4. The highest BCUT2D eigenvalue weighted by Gasteiger charge is 2.36. The van der Waals surface area contributed by atoms with Crippen LogP contribution in [0.15, 0.2) is 29.2 Å². The van der Waals surface area contributed by atoms with Gasteiger partial charge in [0, 0.05) is 31.4 Å². The Kier molecular flexibility index (Phi) is 4.08. The zero-order valence-electron chi connectivity index (χ0n) is 12.7. The van der Waals surface area contributed by atoms with Crippen LogP contribution in [0.1, 0.15) is 31.4 Å². The topological polar surface area (TPSA) is 49.4 Å². The standard InChI is InChI=1S/C16H24N2O2S/c1-12(13-5-7-15(8-6-13)21(2,19)20)18-10-14-4-3-9-17-16(14)11-18/h5-8,12,14,16-17H,3-4,9-11H2,1-2H3/t12?,14-,16+/m0/s1. The Bertz CT molecular complexity index is 583. The average molecular weight is 308 g/mol. The SMILES string of the molecule is CC(c1ccc(S(C)(=O)=O)cc1)N1C[C@@H]2CCCN[C@@H]2C1. The Balaban J connectivity index is 1.72. The third kappa shape index (κ3) is 3.15. The van der Waals surface area contributed by atoms with Crippen molar-refractivity contribution in [1.82, 2.24) is 10.2 Å². The summed E-state index contributed by atoms with van der Waals surface area (Å²) in [6.07, 6.45) is 3.86. The molecule has 2 heterocycles. The van der Waals surface area contributed by atoms with Gasteiger partial charge >= 0.3 is 0 Å². The summed E-state index contributed by atoms with van der Waals surface area (Å²) in [4.78, 5) is 2.92. The number of nitrogens with zero attached hydrogens (tertiary/aromatic N) is 1. The molecule has 2 aliphatic rings. The Hall–Kier alpha value is -0.910. The van der Waals surface area contributed by atoms with E-state index in [1.807, 2.05) is 12.1 Å². The van der Waals surface area contributed by atoms with Crippen molar-refractivity contribution >= 4 is 9.84 Å². The van der Waals surface area contributed by atoms with Gasteiger partial charge in [0.25, 0.3) is 0 Å². The molecule has 0 aromatic heterocycles. The molecular weight excluding hydrogens is 284 g/mol. The molecule has 1 unspecified atom stereocenters. The number of piperidine rings is 1. The lowest BCUT2D eigenvalue weighted by Crippen LogP contribution is -2.40. The van der Waals surface area contributed by atoms with Gasteiger partial charge < -0.3 is 5.32 Å². The molecule has 116 valence electrons. The molecule has 5 heteroatoms. The number of hydrogen-bond donors (Lipinski definition) is 1. The number of sulfone groups is 1. The second-order valence-corrected chi connectivity index (χ2v) is 8.45. The first-order valence-electron chi connectivity index (χ1n) is 7.72. The van der Waals surface area contributed by atoms with Crippen LogP contribution in [0.3, 0.4) is 0 Å². The number of nitrogens with one attached hydrogen (secondary N) is 1. The second kappa shape index (κ2) is 5.71. The van der Waals surface area contributed by atoms with Gasteiger partial charge in [-0.1, -0.05) is 12.1 Å². The van der Waals surface area contributed by atoms with Crippen LogP contribution in [0.4, 0.5) is 0 Å². The van der Waals surface area contributed by atoms with E-state index in [0.29, 0.717) is 17.0 Å². The normalized spacial score (nSPS) is 28.3. The first-order chi connectivity index (χ1) is 9.95. The molecule has 1 aromatic carbocycles. The average Bonchev–Trinajstić information content (AvgIpc) is 2.89. The summed E-state index contributed by atoms with van der Waals surface area (Å²) in [6, 6.07) is 8.33. The molecule has 0 spiro atoms. The molecule has 3 atom stereocenters. The first-order valence-corrected chi connectivity index (χ1v) is 9.62. The summed E-state index contributed by atoms with van der Waals surface area (Å²) in [7, 11) is -3.11. The molecule has 2 fully saturated rings. The van der Waals surface area contributed by atoms with Gasteiger partial charge in [0.05, 0.1) is 4.90 Å². The maximum Gasteiger partial charge on any atom is 0.175 e.